The molecule has 11 nitrogen and oxygen atoms in total. The summed E-state index contributed by atoms with van der Waals surface area (Å²) in [7, 11) is 0. The summed E-state index contributed by atoms with van der Waals surface area (Å²) in [5, 5.41) is 18.7. The first-order chi connectivity index (χ1) is 14.7. The molecule has 0 aliphatic carbocycles. The topological polar surface area (TPSA) is 125 Å². The summed E-state index contributed by atoms with van der Waals surface area (Å²) in [5.41, 5.74) is 2.66. The van der Waals surface area contributed by atoms with E-state index in [1.807, 2.05) is 30.5 Å². The van der Waals surface area contributed by atoms with Crippen LogP contribution in [0.4, 0.5) is 11.6 Å². The third kappa shape index (κ3) is 3.77. The van der Waals surface area contributed by atoms with E-state index < -0.39 is 0 Å². The van der Waals surface area contributed by atoms with Crippen molar-refractivity contribution in [3.63, 3.8) is 0 Å². The van der Waals surface area contributed by atoms with Gasteiger partial charge in [0.25, 0.3) is 0 Å². The smallest absolute Gasteiger partial charge is 0.229 e. The zero-order valence-electron chi connectivity index (χ0n) is 16.0. The molecule has 11 heteroatoms. The highest BCUT2D eigenvalue weighted by Gasteiger charge is 2.13. The van der Waals surface area contributed by atoms with E-state index in [0.29, 0.717) is 48.9 Å². The minimum Gasteiger partial charge on any atom is -0.494 e. The second kappa shape index (κ2) is 7.78. The first kappa shape index (κ1) is 18.0. The molecular formula is C19H19N9O2. The van der Waals surface area contributed by atoms with E-state index in [-0.39, 0.29) is 5.91 Å². The molecule has 0 saturated heterocycles. The lowest BCUT2D eigenvalue weighted by atomic mass is 10.3. The van der Waals surface area contributed by atoms with Gasteiger partial charge in [-0.2, -0.15) is 14.8 Å². The fourth-order valence-electron chi connectivity index (χ4n) is 3.10. The van der Waals surface area contributed by atoms with Gasteiger partial charge in [-0.05, 0) is 30.7 Å². The van der Waals surface area contributed by atoms with Gasteiger partial charge in [0, 0.05) is 25.2 Å². The van der Waals surface area contributed by atoms with E-state index in [0.717, 1.165) is 17.9 Å². The molecule has 1 amide bonds. The van der Waals surface area contributed by atoms with E-state index in [2.05, 4.69) is 36.0 Å². The fraction of sp³-hybridized carbons (Fsp3) is 0.263. The van der Waals surface area contributed by atoms with Crippen molar-refractivity contribution >= 4 is 28.7 Å². The summed E-state index contributed by atoms with van der Waals surface area (Å²) in [6.07, 6.45) is 6.14. The van der Waals surface area contributed by atoms with Crippen LogP contribution in [0, 0.1) is 0 Å². The monoisotopic (exact) mass is 405 g/mol. The molecule has 30 heavy (non-hydrogen) atoms. The van der Waals surface area contributed by atoms with Crippen molar-refractivity contribution < 1.29 is 9.53 Å². The van der Waals surface area contributed by atoms with Gasteiger partial charge in [0.1, 0.15) is 11.4 Å². The van der Waals surface area contributed by atoms with Crippen molar-refractivity contribution in [2.45, 2.75) is 19.4 Å². The van der Waals surface area contributed by atoms with Crippen LogP contribution < -0.4 is 15.4 Å². The number of hydrogen-bond donors (Lipinski definition) is 2. The van der Waals surface area contributed by atoms with Crippen molar-refractivity contribution in [2.75, 3.05) is 18.5 Å². The van der Waals surface area contributed by atoms with Gasteiger partial charge in [-0.1, -0.05) is 5.21 Å². The first-order valence-electron chi connectivity index (χ1n) is 9.62. The number of nitrogens with zero attached hydrogens (tertiary/aromatic N) is 7. The Morgan fingerprint density at radius 1 is 1.13 bits per heavy atom. The van der Waals surface area contributed by atoms with Gasteiger partial charge >= 0.3 is 0 Å². The number of carbonyl (C=O) groups is 1. The molecule has 152 valence electrons. The number of nitrogens with one attached hydrogen (secondary N) is 2. The largest absolute Gasteiger partial charge is 0.494 e. The zero-order valence-corrected chi connectivity index (χ0v) is 16.0. The number of rotatable bonds is 0. The lowest BCUT2D eigenvalue weighted by Gasteiger charge is -2.09. The van der Waals surface area contributed by atoms with Crippen LogP contribution >= 0.6 is 0 Å². The summed E-state index contributed by atoms with van der Waals surface area (Å²) >= 11 is 0. The Morgan fingerprint density at radius 2 is 2.03 bits per heavy atom. The van der Waals surface area contributed by atoms with Crippen molar-refractivity contribution in [3.05, 3.63) is 42.9 Å². The van der Waals surface area contributed by atoms with Crippen LogP contribution in [0.3, 0.4) is 0 Å². The van der Waals surface area contributed by atoms with E-state index in [9.17, 15) is 4.79 Å². The fourth-order valence-corrected chi connectivity index (χ4v) is 3.10. The standard InChI is InChI=1S/C19H19N9O2/c29-17-6-8-27-12-14(10-22-27)28-18-16(25-26-28)11-21-19(24-18)23-13-2-4-15(5-3-13)30-9-1-7-20-17/h2-5,10-12H,1,6-9H2,(H,20,29)(H,21,23,24). The molecule has 6 bridgehead atoms. The quantitative estimate of drug-likeness (QED) is 0.450. The van der Waals surface area contributed by atoms with Gasteiger partial charge in [-0.3, -0.25) is 9.48 Å². The third-order valence-electron chi connectivity index (χ3n) is 4.65. The molecule has 0 radical (unpaired) electrons. The second-order valence-electron chi connectivity index (χ2n) is 6.82. The summed E-state index contributed by atoms with van der Waals surface area (Å²) < 4.78 is 9.02. The molecule has 4 aromatic rings. The lowest BCUT2D eigenvalue weighted by Crippen LogP contribution is -2.26. The Bertz CT molecular complexity index is 1180. The second-order valence-corrected chi connectivity index (χ2v) is 6.82. The SMILES string of the molecule is O=C1CCn2cc(cn2)-n2nnc3cnc(nc32)Nc2ccc(cc2)OCCCN1. The average molecular weight is 405 g/mol. The number of ether oxygens (including phenoxy) is 1. The van der Waals surface area contributed by atoms with Crippen LogP contribution in [0.5, 0.6) is 5.75 Å². The number of aromatic nitrogens is 7. The number of fused-ring (bicyclic) bond motifs is 9. The van der Waals surface area contributed by atoms with Gasteiger partial charge in [-0.15, -0.1) is 5.10 Å². The maximum absolute atomic E-state index is 12.1. The van der Waals surface area contributed by atoms with Gasteiger partial charge < -0.3 is 15.4 Å². The van der Waals surface area contributed by atoms with E-state index in [1.165, 1.54) is 0 Å². The van der Waals surface area contributed by atoms with Crippen LogP contribution in [0.1, 0.15) is 12.8 Å². The van der Waals surface area contributed by atoms with Crippen molar-refractivity contribution in [2.24, 2.45) is 0 Å². The minimum atomic E-state index is -0.0273. The molecule has 2 aliphatic heterocycles. The third-order valence-corrected chi connectivity index (χ3v) is 4.65. The molecular weight excluding hydrogens is 386 g/mol. The Morgan fingerprint density at radius 3 is 2.93 bits per heavy atom. The van der Waals surface area contributed by atoms with Crippen LogP contribution in [0.2, 0.25) is 0 Å². The maximum Gasteiger partial charge on any atom is 0.229 e. The van der Waals surface area contributed by atoms with Gasteiger partial charge in [0.05, 0.1) is 25.2 Å². The molecule has 2 N–H and O–H groups in total. The van der Waals surface area contributed by atoms with Gasteiger partial charge in [-0.25, -0.2) is 4.98 Å². The van der Waals surface area contributed by atoms with Crippen molar-refractivity contribution in [3.8, 4) is 11.4 Å². The normalized spacial score (nSPS) is 14.9. The lowest BCUT2D eigenvalue weighted by molar-refractivity contribution is -0.121. The summed E-state index contributed by atoms with van der Waals surface area (Å²) in [4.78, 5) is 20.9. The van der Waals surface area contributed by atoms with Crippen LogP contribution in [-0.2, 0) is 11.3 Å². The molecule has 5 heterocycles. The van der Waals surface area contributed by atoms with E-state index in [1.54, 1.807) is 21.8 Å². The van der Waals surface area contributed by atoms with Crippen LogP contribution in [0.15, 0.2) is 42.9 Å². The molecule has 0 unspecified atom stereocenters. The van der Waals surface area contributed by atoms with Gasteiger partial charge in [0.15, 0.2) is 11.2 Å². The zero-order chi connectivity index (χ0) is 20.3. The molecule has 0 fully saturated rings. The Kier molecular flexibility index (Phi) is 4.68. The predicted molar refractivity (Wildman–Crippen MR) is 108 cm³/mol. The minimum absolute atomic E-state index is 0.0273. The number of hydrogen-bond acceptors (Lipinski definition) is 8. The summed E-state index contributed by atoms with van der Waals surface area (Å²) in [5.74, 6) is 1.16. The van der Waals surface area contributed by atoms with Crippen LogP contribution in [0.25, 0.3) is 16.9 Å². The molecule has 1 aromatic carbocycles. The molecule has 0 atom stereocenters. The molecule has 6 rings (SSSR count). The predicted octanol–water partition coefficient (Wildman–Crippen LogP) is 1.44. The Balaban J connectivity index is 1.49. The van der Waals surface area contributed by atoms with E-state index >= 15 is 0 Å². The number of amides is 1. The number of benzene rings is 1. The number of aryl methyl sites for hydroxylation is 1. The molecule has 2 aliphatic rings. The number of carbonyl (C=O) groups excluding carboxylic acids is 1. The van der Waals surface area contributed by atoms with Crippen molar-refractivity contribution in [1.82, 2.24) is 40.1 Å². The van der Waals surface area contributed by atoms with Crippen molar-refractivity contribution in [1.29, 1.82) is 0 Å². The van der Waals surface area contributed by atoms with E-state index in [4.69, 9.17) is 4.74 Å². The first-order valence-corrected chi connectivity index (χ1v) is 9.62. The highest BCUT2D eigenvalue weighted by atomic mass is 16.5. The molecule has 0 saturated carbocycles. The Labute approximate surface area is 171 Å². The van der Waals surface area contributed by atoms with Gasteiger partial charge in [0.2, 0.25) is 11.9 Å². The summed E-state index contributed by atoms with van der Waals surface area (Å²) in [6, 6.07) is 7.53. The van der Waals surface area contributed by atoms with Crippen LogP contribution in [-0.4, -0.2) is 53.8 Å². The maximum atomic E-state index is 12.1. The Hall–Kier alpha value is -4.02. The summed E-state index contributed by atoms with van der Waals surface area (Å²) in [6.45, 7) is 1.54. The number of anilines is 2. The average Bonchev–Trinajstić information content (AvgIpc) is 3.39. The molecule has 0 spiro atoms. The highest BCUT2D eigenvalue weighted by molar-refractivity contribution is 5.75. The highest BCUT2D eigenvalue weighted by Crippen LogP contribution is 2.20. The molecule has 3 aromatic heterocycles.